The van der Waals surface area contributed by atoms with E-state index in [0.717, 1.165) is 45.5 Å². The molecule has 0 unspecified atom stereocenters. The van der Waals surface area contributed by atoms with Crippen molar-refractivity contribution in [1.82, 2.24) is 4.98 Å². The number of hydrogen-bond acceptors (Lipinski definition) is 6. The molecule has 0 atom stereocenters. The predicted molar refractivity (Wildman–Crippen MR) is 107 cm³/mol. The van der Waals surface area contributed by atoms with Crippen molar-refractivity contribution in [3.8, 4) is 22.8 Å². The number of carbonyl (C=O) groups is 1. The van der Waals surface area contributed by atoms with Gasteiger partial charge >= 0.3 is 0 Å². The van der Waals surface area contributed by atoms with Crippen LogP contribution in [0.2, 0.25) is 0 Å². The first-order valence-electron chi connectivity index (χ1n) is 8.54. The van der Waals surface area contributed by atoms with Gasteiger partial charge in [-0.1, -0.05) is 6.07 Å². The highest BCUT2D eigenvalue weighted by atomic mass is 32.1. The Balaban J connectivity index is 1.57. The zero-order valence-corrected chi connectivity index (χ0v) is 15.9. The SMILES string of the molecule is COc1ccc(Nc2nc(-c3ccc4c(c3)CCC(=O)N4)cs2)c(OC)c1. The Labute approximate surface area is 161 Å². The van der Waals surface area contributed by atoms with Crippen LogP contribution in [-0.2, 0) is 11.2 Å². The molecule has 0 bridgehead atoms. The third kappa shape index (κ3) is 3.59. The second-order valence-corrected chi connectivity index (χ2v) is 7.01. The zero-order valence-electron chi connectivity index (χ0n) is 15.0. The first-order chi connectivity index (χ1) is 13.2. The third-order valence-corrected chi connectivity index (χ3v) is 5.21. The Morgan fingerprint density at radius 2 is 2.00 bits per heavy atom. The summed E-state index contributed by atoms with van der Waals surface area (Å²) in [7, 11) is 3.25. The highest BCUT2D eigenvalue weighted by molar-refractivity contribution is 7.14. The highest BCUT2D eigenvalue weighted by Gasteiger charge is 2.16. The number of hydrogen-bond donors (Lipinski definition) is 2. The minimum absolute atomic E-state index is 0.0730. The monoisotopic (exact) mass is 381 g/mol. The van der Waals surface area contributed by atoms with Gasteiger partial charge in [-0.05, 0) is 36.2 Å². The lowest BCUT2D eigenvalue weighted by Gasteiger charge is -2.17. The van der Waals surface area contributed by atoms with Crippen LogP contribution in [0.3, 0.4) is 0 Å². The number of nitrogens with zero attached hydrogens (tertiary/aromatic N) is 1. The summed E-state index contributed by atoms with van der Waals surface area (Å²) in [5.41, 5.74) is 4.80. The lowest BCUT2D eigenvalue weighted by Crippen LogP contribution is -2.18. The van der Waals surface area contributed by atoms with Crippen molar-refractivity contribution < 1.29 is 14.3 Å². The highest BCUT2D eigenvalue weighted by Crippen LogP contribution is 2.35. The van der Waals surface area contributed by atoms with E-state index < -0.39 is 0 Å². The van der Waals surface area contributed by atoms with Gasteiger partial charge in [0.1, 0.15) is 11.5 Å². The van der Waals surface area contributed by atoms with Crippen molar-refractivity contribution >= 4 is 33.8 Å². The van der Waals surface area contributed by atoms with Crippen molar-refractivity contribution in [3.05, 3.63) is 47.3 Å². The molecule has 3 aromatic rings. The number of amides is 1. The van der Waals surface area contributed by atoms with Gasteiger partial charge in [-0.25, -0.2) is 4.98 Å². The third-order valence-electron chi connectivity index (χ3n) is 4.45. The number of ether oxygens (including phenoxy) is 2. The summed E-state index contributed by atoms with van der Waals surface area (Å²) in [6.45, 7) is 0. The molecule has 0 saturated carbocycles. The summed E-state index contributed by atoms with van der Waals surface area (Å²) < 4.78 is 10.7. The number of aromatic nitrogens is 1. The quantitative estimate of drug-likeness (QED) is 0.683. The van der Waals surface area contributed by atoms with Crippen LogP contribution in [-0.4, -0.2) is 25.1 Å². The fourth-order valence-corrected chi connectivity index (χ4v) is 3.76. The molecular weight excluding hydrogens is 362 g/mol. The zero-order chi connectivity index (χ0) is 18.8. The Bertz CT molecular complexity index is 1000. The number of rotatable bonds is 5. The van der Waals surface area contributed by atoms with Crippen LogP contribution in [0.5, 0.6) is 11.5 Å². The lowest BCUT2D eigenvalue weighted by atomic mass is 9.99. The Morgan fingerprint density at radius 3 is 2.81 bits per heavy atom. The summed E-state index contributed by atoms with van der Waals surface area (Å²) >= 11 is 1.53. The molecule has 0 spiro atoms. The summed E-state index contributed by atoms with van der Waals surface area (Å²) in [5, 5.41) is 9.00. The van der Waals surface area contributed by atoms with Gasteiger partial charge in [0.2, 0.25) is 5.91 Å². The molecule has 1 amide bonds. The average molecular weight is 381 g/mol. The average Bonchev–Trinajstić information content (AvgIpc) is 3.16. The van der Waals surface area contributed by atoms with E-state index in [2.05, 4.69) is 16.7 Å². The van der Waals surface area contributed by atoms with E-state index in [-0.39, 0.29) is 5.91 Å². The standard InChI is InChI=1S/C20H19N3O3S/c1-25-14-5-7-16(18(10-14)26-2)22-20-23-17(11-27-20)13-3-6-15-12(9-13)4-8-19(24)21-15/h3,5-7,9-11H,4,8H2,1-2H3,(H,21,24)(H,22,23). The Morgan fingerprint density at radius 1 is 1.11 bits per heavy atom. The second kappa shape index (κ2) is 7.28. The number of carbonyl (C=O) groups excluding carboxylic acids is 1. The van der Waals surface area contributed by atoms with Crippen LogP contribution in [0.25, 0.3) is 11.3 Å². The second-order valence-electron chi connectivity index (χ2n) is 6.15. The lowest BCUT2D eigenvalue weighted by molar-refractivity contribution is -0.116. The fraction of sp³-hybridized carbons (Fsp3) is 0.200. The van der Waals surface area contributed by atoms with E-state index in [1.54, 1.807) is 14.2 Å². The maximum absolute atomic E-state index is 11.5. The number of methoxy groups -OCH3 is 2. The van der Waals surface area contributed by atoms with Gasteiger partial charge in [0.25, 0.3) is 0 Å². The smallest absolute Gasteiger partial charge is 0.224 e. The number of aryl methyl sites for hydroxylation is 1. The summed E-state index contributed by atoms with van der Waals surface area (Å²) in [6, 6.07) is 11.6. The first-order valence-corrected chi connectivity index (χ1v) is 9.42. The van der Waals surface area contributed by atoms with Crippen LogP contribution in [0, 0.1) is 0 Å². The Hall–Kier alpha value is -3.06. The minimum atomic E-state index is 0.0730. The molecule has 2 N–H and O–H groups in total. The Kier molecular flexibility index (Phi) is 4.68. The summed E-state index contributed by atoms with van der Waals surface area (Å²) in [5.74, 6) is 1.50. The molecule has 1 aliphatic rings. The molecule has 0 saturated heterocycles. The van der Waals surface area contributed by atoms with Crippen molar-refractivity contribution in [2.75, 3.05) is 24.9 Å². The largest absolute Gasteiger partial charge is 0.497 e. The minimum Gasteiger partial charge on any atom is -0.497 e. The van der Waals surface area contributed by atoms with E-state index in [9.17, 15) is 4.79 Å². The van der Waals surface area contributed by atoms with E-state index >= 15 is 0 Å². The molecule has 7 heteroatoms. The van der Waals surface area contributed by atoms with Gasteiger partial charge in [-0.3, -0.25) is 4.79 Å². The topological polar surface area (TPSA) is 72.5 Å². The van der Waals surface area contributed by atoms with Crippen LogP contribution in [0.15, 0.2) is 41.8 Å². The number of fused-ring (bicyclic) bond motifs is 1. The number of anilines is 3. The molecule has 1 aromatic heterocycles. The normalized spacial score (nSPS) is 12.9. The van der Waals surface area contributed by atoms with Gasteiger partial charge in [-0.2, -0.15) is 0 Å². The molecular formula is C20H19N3O3S. The van der Waals surface area contributed by atoms with E-state index in [0.29, 0.717) is 12.2 Å². The van der Waals surface area contributed by atoms with Crippen LogP contribution >= 0.6 is 11.3 Å². The fourth-order valence-electron chi connectivity index (χ4n) is 3.02. The van der Waals surface area contributed by atoms with Crippen LogP contribution in [0.4, 0.5) is 16.5 Å². The van der Waals surface area contributed by atoms with Crippen LogP contribution < -0.4 is 20.1 Å². The molecule has 6 nitrogen and oxygen atoms in total. The van der Waals surface area contributed by atoms with Crippen molar-refractivity contribution in [2.24, 2.45) is 0 Å². The van der Waals surface area contributed by atoms with Crippen molar-refractivity contribution in [2.45, 2.75) is 12.8 Å². The summed E-state index contributed by atoms with van der Waals surface area (Å²) in [6.07, 6.45) is 1.28. The molecule has 138 valence electrons. The maximum Gasteiger partial charge on any atom is 0.224 e. The molecule has 2 heterocycles. The predicted octanol–water partition coefficient (Wildman–Crippen LogP) is 4.46. The van der Waals surface area contributed by atoms with E-state index in [4.69, 9.17) is 14.5 Å². The van der Waals surface area contributed by atoms with E-state index in [1.807, 2.05) is 35.7 Å². The number of thiazole rings is 1. The van der Waals surface area contributed by atoms with Gasteiger partial charge in [0, 0.05) is 29.1 Å². The van der Waals surface area contributed by atoms with Gasteiger partial charge in [0.15, 0.2) is 5.13 Å². The van der Waals surface area contributed by atoms with Crippen molar-refractivity contribution in [3.63, 3.8) is 0 Å². The van der Waals surface area contributed by atoms with Gasteiger partial charge < -0.3 is 20.1 Å². The molecule has 0 radical (unpaired) electrons. The molecule has 0 aliphatic carbocycles. The molecule has 27 heavy (non-hydrogen) atoms. The molecule has 2 aromatic carbocycles. The number of benzene rings is 2. The molecule has 4 rings (SSSR count). The maximum atomic E-state index is 11.5. The van der Waals surface area contributed by atoms with Gasteiger partial charge in [0.05, 0.1) is 25.6 Å². The van der Waals surface area contributed by atoms with Gasteiger partial charge in [-0.15, -0.1) is 11.3 Å². The summed E-state index contributed by atoms with van der Waals surface area (Å²) in [4.78, 5) is 16.2. The molecule has 0 fully saturated rings. The number of nitrogens with one attached hydrogen (secondary N) is 2. The van der Waals surface area contributed by atoms with Crippen molar-refractivity contribution in [1.29, 1.82) is 0 Å². The first kappa shape index (κ1) is 17.4. The molecule has 1 aliphatic heterocycles. The van der Waals surface area contributed by atoms with E-state index in [1.165, 1.54) is 11.3 Å². The van der Waals surface area contributed by atoms with Crippen LogP contribution in [0.1, 0.15) is 12.0 Å².